The first-order valence-electron chi connectivity index (χ1n) is 9.06. The third kappa shape index (κ3) is 5.21. The van der Waals surface area contributed by atoms with Gasteiger partial charge in [-0.1, -0.05) is 0 Å². The molecule has 0 spiro atoms. The van der Waals surface area contributed by atoms with Crippen LogP contribution in [0.3, 0.4) is 0 Å². The zero-order chi connectivity index (χ0) is 21.0. The molecule has 2 N–H and O–H groups in total. The number of benzene rings is 1. The van der Waals surface area contributed by atoms with Gasteiger partial charge in [-0.3, -0.25) is 19.9 Å². The number of nitro benzene ring substituents is 1. The minimum atomic E-state index is -0.557. The number of aromatic nitrogens is 1. The molecular formula is C18H21BN4O6. The Morgan fingerprint density at radius 2 is 2.10 bits per heavy atom. The van der Waals surface area contributed by atoms with Gasteiger partial charge in [0.15, 0.2) is 0 Å². The van der Waals surface area contributed by atoms with Crippen LogP contribution in [0.4, 0.5) is 11.4 Å². The van der Waals surface area contributed by atoms with E-state index in [-0.39, 0.29) is 18.2 Å². The molecule has 0 bridgehead atoms. The Bertz CT molecular complexity index is 904. The molecule has 29 heavy (non-hydrogen) atoms. The molecule has 0 aliphatic carbocycles. The number of pyridine rings is 1. The van der Waals surface area contributed by atoms with Crippen LogP contribution in [0.25, 0.3) is 0 Å². The smallest absolute Gasteiger partial charge is 0.376 e. The van der Waals surface area contributed by atoms with E-state index >= 15 is 0 Å². The van der Waals surface area contributed by atoms with E-state index in [1.54, 1.807) is 42.9 Å². The number of esters is 1. The molecule has 0 atom stereocenters. The van der Waals surface area contributed by atoms with E-state index in [1.807, 2.05) is 0 Å². The molecule has 2 aromatic rings. The van der Waals surface area contributed by atoms with Gasteiger partial charge in [0.1, 0.15) is 23.3 Å². The summed E-state index contributed by atoms with van der Waals surface area (Å²) in [4.78, 5) is 28.7. The van der Waals surface area contributed by atoms with Gasteiger partial charge >= 0.3 is 13.0 Å². The maximum absolute atomic E-state index is 12.1. The molecule has 0 amide bonds. The predicted molar refractivity (Wildman–Crippen MR) is 106 cm³/mol. The quantitative estimate of drug-likeness (QED) is 0.295. The summed E-state index contributed by atoms with van der Waals surface area (Å²) in [6.07, 6.45) is 1.23. The molecule has 1 aliphatic rings. The van der Waals surface area contributed by atoms with Crippen molar-refractivity contribution >= 4 is 24.4 Å². The van der Waals surface area contributed by atoms with E-state index in [0.717, 1.165) is 0 Å². The maximum Gasteiger partial charge on any atom is 0.376 e. The molecule has 1 aromatic carbocycles. The van der Waals surface area contributed by atoms with Crippen LogP contribution < -0.4 is 10.1 Å². The van der Waals surface area contributed by atoms with Crippen LogP contribution in [0.2, 0.25) is 6.82 Å². The number of hydrogen-bond acceptors (Lipinski definition) is 9. The summed E-state index contributed by atoms with van der Waals surface area (Å²) in [7, 11) is 1.04. The third-order valence-electron chi connectivity index (χ3n) is 4.49. The van der Waals surface area contributed by atoms with Gasteiger partial charge in [0.2, 0.25) is 0 Å². The van der Waals surface area contributed by atoms with Gasteiger partial charge in [-0.05, 0) is 25.0 Å². The Morgan fingerprint density at radius 3 is 2.76 bits per heavy atom. The number of nitrogens with zero attached hydrogens (tertiary/aromatic N) is 3. The molecule has 0 unspecified atom stereocenters. The second-order valence-electron chi connectivity index (χ2n) is 6.65. The van der Waals surface area contributed by atoms with Crippen molar-refractivity contribution in [2.45, 2.75) is 19.3 Å². The van der Waals surface area contributed by atoms with Crippen molar-refractivity contribution in [2.75, 3.05) is 25.5 Å². The van der Waals surface area contributed by atoms with Crippen LogP contribution in [0.1, 0.15) is 5.69 Å². The van der Waals surface area contributed by atoms with E-state index in [2.05, 4.69) is 10.3 Å². The summed E-state index contributed by atoms with van der Waals surface area (Å²) < 4.78 is 11.0. The van der Waals surface area contributed by atoms with Crippen LogP contribution in [0.15, 0.2) is 36.5 Å². The van der Waals surface area contributed by atoms with Gasteiger partial charge in [0, 0.05) is 32.4 Å². The SMILES string of the molecule is CNc1ccc(Oc2ccnc(CC(=O)OC3CN(B(C)O)C3)c2)cc1[N+](=O)[O-]. The van der Waals surface area contributed by atoms with Crippen molar-refractivity contribution in [1.82, 2.24) is 9.79 Å². The highest BCUT2D eigenvalue weighted by Gasteiger charge is 2.34. The summed E-state index contributed by atoms with van der Waals surface area (Å²) in [6, 6.07) is 7.67. The number of anilines is 1. The average Bonchev–Trinajstić information content (AvgIpc) is 2.64. The van der Waals surface area contributed by atoms with Crippen molar-refractivity contribution in [1.29, 1.82) is 0 Å². The third-order valence-corrected chi connectivity index (χ3v) is 4.49. The fourth-order valence-corrected chi connectivity index (χ4v) is 2.91. The summed E-state index contributed by atoms with van der Waals surface area (Å²) >= 11 is 0. The lowest BCUT2D eigenvalue weighted by Crippen LogP contribution is -2.58. The van der Waals surface area contributed by atoms with E-state index < -0.39 is 17.9 Å². The fourth-order valence-electron chi connectivity index (χ4n) is 2.91. The summed E-state index contributed by atoms with van der Waals surface area (Å²) in [5.41, 5.74) is 0.737. The lowest BCUT2D eigenvalue weighted by molar-refractivity contribution is -0.384. The molecule has 11 heteroatoms. The number of carbonyl (C=O) groups excluding carboxylic acids is 1. The lowest BCUT2D eigenvalue weighted by atomic mass is 9.81. The van der Waals surface area contributed by atoms with E-state index in [9.17, 15) is 19.9 Å². The molecule has 152 valence electrons. The highest BCUT2D eigenvalue weighted by atomic mass is 16.6. The van der Waals surface area contributed by atoms with Crippen molar-refractivity contribution in [3.8, 4) is 11.5 Å². The van der Waals surface area contributed by atoms with Crippen LogP contribution in [-0.4, -0.2) is 59.0 Å². The standard InChI is InChI=1S/C18H21BN4O6/c1-19(25)22-10-15(11-22)29-18(24)8-12-7-14(5-6-21-12)28-13-3-4-16(20-2)17(9-13)23(26)27/h3-7,9,15,20,25H,8,10-11H2,1-2H3. The summed E-state index contributed by atoms with van der Waals surface area (Å²) in [5, 5.41) is 23.3. The van der Waals surface area contributed by atoms with Gasteiger partial charge in [0.05, 0.1) is 23.1 Å². The normalized spacial score (nSPS) is 14.0. The van der Waals surface area contributed by atoms with Gasteiger partial charge < -0.3 is 24.6 Å². The molecule has 0 saturated carbocycles. The number of rotatable bonds is 8. The molecule has 3 rings (SSSR count). The fraction of sp³-hybridized carbons (Fsp3) is 0.333. The van der Waals surface area contributed by atoms with Crippen molar-refractivity contribution < 1.29 is 24.2 Å². The molecule has 1 aliphatic heterocycles. The number of nitrogens with one attached hydrogen (secondary N) is 1. The Morgan fingerprint density at radius 1 is 1.38 bits per heavy atom. The molecule has 10 nitrogen and oxygen atoms in total. The minimum absolute atomic E-state index is 0.0266. The second kappa shape index (κ2) is 8.88. The van der Waals surface area contributed by atoms with E-state index in [1.165, 1.54) is 12.3 Å². The molecule has 1 fully saturated rings. The molecule has 1 aromatic heterocycles. The highest BCUT2D eigenvalue weighted by Crippen LogP contribution is 2.31. The zero-order valence-electron chi connectivity index (χ0n) is 16.1. The van der Waals surface area contributed by atoms with Crippen molar-refractivity contribution in [3.05, 3.63) is 52.3 Å². The van der Waals surface area contributed by atoms with E-state index in [4.69, 9.17) is 9.47 Å². The Labute approximate surface area is 167 Å². The van der Waals surface area contributed by atoms with Crippen LogP contribution in [0, 0.1) is 10.1 Å². The number of ether oxygens (including phenoxy) is 2. The van der Waals surface area contributed by atoms with Crippen LogP contribution in [0.5, 0.6) is 11.5 Å². The largest absolute Gasteiger partial charge is 0.459 e. The number of hydrogen-bond donors (Lipinski definition) is 2. The molecule has 0 radical (unpaired) electrons. The van der Waals surface area contributed by atoms with Crippen LogP contribution >= 0.6 is 0 Å². The van der Waals surface area contributed by atoms with Gasteiger partial charge in [0.25, 0.3) is 5.69 Å². The Hall–Kier alpha value is -3.18. The van der Waals surface area contributed by atoms with Gasteiger partial charge in [-0.15, -0.1) is 0 Å². The predicted octanol–water partition coefficient (Wildman–Crippen LogP) is 1.70. The first-order chi connectivity index (χ1) is 13.9. The first kappa shape index (κ1) is 20.6. The molecule has 2 heterocycles. The zero-order valence-corrected chi connectivity index (χ0v) is 16.1. The molecular weight excluding hydrogens is 379 g/mol. The van der Waals surface area contributed by atoms with Gasteiger partial charge in [-0.25, -0.2) is 0 Å². The second-order valence-corrected chi connectivity index (χ2v) is 6.65. The Kier molecular flexibility index (Phi) is 6.30. The number of nitro groups is 1. The molecule has 1 saturated heterocycles. The monoisotopic (exact) mass is 400 g/mol. The first-order valence-corrected chi connectivity index (χ1v) is 9.06. The summed E-state index contributed by atoms with van der Waals surface area (Å²) in [6.45, 7) is 2.66. The van der Waals surface area contributed by atoms with Crippen molar-refractivity contribution in [3.63, 3.8) is 0 Å². The number of carbonyl (C=O) groups is 1. The topological polar surface area (TPSA) is 127 Å². The van der Waals surface area contributed by atoms with Gasteiger partial charge in [-0.2, -0.15) is 0 Å². The van der Waals surface area contributed by atoms with E-state index in [0.29, 0.717) is 36.0 Å². The average molecular weight is 400 g/mol. The Balaban J connectivity index is 1.60. The summed E-state index contributed by atoms with van der Waals surface area (Å²) in [5.74, 6) is 0.278. The van der Waals surface area contributed by atoms with Crippen LogP contribution in [-0.2, 0) is 16.0 Å². The maximum atomic E-state index is 12.1. The highest BCUT2D eigenvalue weighted by molar-refractivity contribution is 6.45. The minimum Gasteiger partial charge on any atom is -0.459 e. The lowest BCUT2D eigenvalue weighted by Gasteiger charge is -2.39. The van der Waals surface area contributed by atoms with Crippen molar-refractivity contribution in [2.24, 2.45) is 0 Å².